The van der Waals surface area contributed by atoms with Crippen molar-refractivity contribution in [3.05, 3.63) is 54.6 Å². The van der Waals surface area contributed by atoms with E-state index in [0.717, 1.165) is 12.2 Å². The van der Waals surface area contributed by atoms with Crippen molar-refractivity contribution in [3.8, 4) is 11.5 Å². The second kappa shape index (κ2) is 8.49. The minimum absolute atomic E-state index is 0.395. The molecule has 0 bridgehead atoms. The summed E-state index contributed by atoms with van der Waals surface area (Å²) >= 11 is 0. The molecule has 6 nitrogen and oxygen atoms in total. The molecule has 0 aromatic heterocycles. The Labute approximate surface area is 152 Å². The van der Waals surface area contributed by atoms with Crippen molar-refractivity contribution in [1.29, 1.82) is 0 Å². The summed E-state index contributed by atoms with van der Waals surface area (Å²) in [6.45, 7) is 2.09. The van der Waals surface area contributed by atoms with Gasteiger partial charge in [0.25, 0.3) is 5.91 Å². The maximum absolute atomic E-state index is 12.2. The second-order valence-corrected chi connectivity index (χ2v) is 6.01. The molecule has 0 saturated carbocycles. The number of anilines is 1. The number of esters is 1. The molecule has 2 aromatic carbocycles. The quantitative estimate of drug-likeness (QED) is 0.803. The predicted molar refractivity (Wildman–Crippen MR) is 96.1 cm³/mol. The fourth-order valence-corrected chi connectivity index (χ4v) is 2.54. The van der Waals surface area contributed by atoms with Crippen LogP contribution in [0.2, 0.25) is 0 Å². The first kappa shape index (κ1) is 17.9. The highest BCUT2D eigenvalue weighted by molar-refractivity contribution is 5.95. The summed E-state index contributed by atoms with van der Waals surface area (Å²) in [7, 11) is 0. The number of para-hydroxylation sites is 1. The molecule has 26 heavy (non-hydrogen) atoms. The lowest BCUT2D eigenvalue weighted by Crippen LogP contribution is -2.33. The number of nitrogens with one attached hydrogen (secondary N) is 1. The van der Waals surface area contributed by atoms with Gasteiger partial charge in [-0.1, -0.05) is 18.2 Å². The predicted octanol–water partition coefficient (Wildman–Crippen LogP) is 3.53. The standard InChI is InChI=1S/C20H21NO5/c1-14(25-20(23)18-8-5-13-24-18)19(22)21-15-9-11-17(12-10-15)26-16-6-3-2-4-7-16/h2-4,6-7,9-12,14,18H,5,8,13H2,1H3,(H,21,22)/t14-,18+/m0/s1. The topological polar surface area (TPSA) is 73.9 Å². The molecule has 1 amide bonds. The lowest BCUT2D eigenvalue weighted by atomic mass is 10.2. The van der Waals surface area contributed by atoms with Gasteiger partial charge in [0, 0.05) is 12.3 Å². The largest absolute Gasteiger partial charge is 0.457 e. The van der Waals surface area contributed by atoms with Gasteiger partial charge >= 0.3 is 5.97 Å². The summed E-state index contributed by atoms with van der Waals surface area (Å²) < 4.78 is 16.1. The van der Waals surface area contributed by atoms with Crippen molar-refractivity contribution >= 4 is 17.6 Å². The Morgan fingerprint density at radius 1 is 1.08 bits per heavy atom. The molecule has 3 rings (SSSR count). The van der Waals surface area contributed by atoms with Crippen molar-refractivity contribution in [2.24, 2.45) is 0 Å². The molecule has 136 valence electrons. The molecule has 2 aromatic rings. The van der Waals surface area contributed by atoms with Crippen molar-refractivity contribution < 1.29 is 23.8 Å². The number of amides is 1. The van der Waals surface area contributed by atoms with Gasteiger partial charge in [-0.2, -0.15) is 0 Å². The van der Waals surface area contributed by atoms with Crippen molar-refractivity contribution in [1.82, 2.24) is 0 Å². The van der Waals surface area contributed by atoms with Crippen LogP contribution in [-0.2, 0) is 19.1 Å². The number of ether oxygens (including phenoxy) is 3. The van der Waals surface area contributed by atoms with Crippen LogP contribution in [0.25, 0.3) is 0 Å². The second-order valence-electron chi connectivity index (χ2n) is 6.01. The van der Waals surface area contributed by atoms with Gasteiger partial charge in [-0.05, 0) is 56.2 Å². The summed E-state index contributed by atoms with van der Waals surface area (Å²) in [5.74, 6) is 0.510. The summed E-state index contributed by atoms with van der Waals surface area (Å²) in [6.07, 6.45) is 0.0139. The van der Waals surface area contributed by atoms with Crippen molar-refractivity contribution in [2.75, 3.05) is 11.9 Å². The number of rotatable bonds is 6. The highest BCUT2D eigenvalue weighted by Crippen LogP contribution is 2.22. The summed E-state index contributed by atoms with van der Waals surface area (Å²) in [6, 6.07) is 16.4. The molecule has 1 saturated heterocycles. The van der Waals surface area contributed by atoms with Gasteiger partial charge < -0.3 is 19.5 Å². The Balaban J connectivity index is 1.51. The van der Waals surface area contributed by atoms with Gasteiger partial charge in [-0.15, -0.1) is 0 Å². The summed E-state index contributed by atoms with van der Waals surface area (Å²) in [5, 5.41) is 2.72. The zero-order chi connectivity index (χ0) is 18.4. The van der Waals surface area contributed by atoms with Crippen molar-refractivity contribution in [3.63, 3.8) is 0 Å². The fraction of sp³-hybridized carbons (Fsp3) is 0.300. The van der Waals surface area contributed by atoms with E-state index in [4.69, 9.17) is 14.2 Å². The van der Waals surface area contributed by atoms with E-state index >= 15 is 0 Å². The lowest BCUT2D eigenvalue weighted by molar-refractivity contribution is -0.162. The van der Waals surface area contributed by atoms with E-state index in [2.05, 4.69) is 5.32 Å². The van der Waals surface area contributed by atoms with Crippen LogP contribution in [0.1, 0.15) is 19.8 Å². The first-order valence-corrected chi connectivity index (χ1v) is 8.58. The zero-order valence-corrected chi connectivity index (χ0v) is 14.5. The van der Waals surface area contributed by atoms with E-state index in [0.29, 0.717) is 24.5 Å². The van der Waals surface area contributed by atoms with E-state index in [9.17, 15) is 9.59 Å². The third-order valence-electron chi connectivity index (χ3n) is 3.96. The molecule has 1 aliphatic rings. The third kappa shape index (κ3) is 4.83. The van der Waals surface area contributed by atoms with Gasteiger partial charge in [0.15, 0.2) is 12.2 Å². The molecule has 0 spiro atoms. The molecule has 1 fully saturated rings. The average Bonchev–Trinajstić information content (AvgIpc) is 3.19. The van der Waals surface area contributed by atoms with E-state index in [1.165, 1.54) is 6.92 Å². The molecule has 1 heterocycles. The van der Waals surface area contributed by atoms with Crippen LogP contribution in [0.5, 0.6) is 11.5 Å². The molecule has 1 N–H and O–H groups in total. The minimum Gasteiger partial charge on any atom is -0.457 e. The Kier molecular flexibility index (Phi) is 5.86. The van der Waals surface area contributed by atoms with Gasteiger partial charge in [0.05, 0.1) is 0 Å². The van der Waals surface area contributed by atoms with E-state index in [1.807, 2.05) is 30.3 Å². The Bertz CT molecular complexity index is 739. The molecule has 2 atom stereocenters. The number of carbonyl (C=O) groups excluding carboxylic acids is 2. The third-order valence-corrected chi connectivity index (χ3v) is 3.96. The first-order valence-electron chi connectivity index (χ1n) is 8.58. The van der Waals surface area contributed by atoms with Crippen LogP contribution in [0.3, 0.4) is 0 Å². The highest BCUT2D eigenvalue weighted by atomic mass is 16.6. The van der Waals surface area contributed by atoms with E-state index in [-0.39, 0.29) is 0 Å². The molecule has 6 heteroatoms. The molecular formula is C20H21NO5. The Hall–Kier alpha value is -2.86. The van der Waals surface area contributed by atoms with Gasteiger partial charge in [0.1, 0.15) is 11.5 Å². The van der Waals surface area contributed by atoms with Crippen molar-refractivity contribution in [2.45, 2.75) is 32.0 Å². The van der Waals surface area contributed by atoms with Gasteiger partial charge in [-0.25, -0.2) is 4.79 Å². The fourth-order valence-electron chi connectivity index (χ4n) is 2.54. The number of hydrogen-bond acceptors (Lipinski definition) is 5. The van der Waals surface area contributed by atoms with Crippen LogP contribution < -0.4 is 10.1 Å². The molecular weight excluding hydrogens is 334 g/mol. The normalized spacial score (nSPS) is 17.3. The minimum atomic E-state index is -0.896. The smallest absolute Gasteiger partial charge is 0.336 e. The van der Waals surface area contributed by atoms with Gasteiger partial charge in [0.2, 0.25) is 0 Å². The van der Waals surface area contributed by atoms with E-state index < -0.39 is 24.1 Å². The molecule has 1 aliphatic heterocycles. The molecule has 0 radical (unpaired) electrons. The zero-order valence-electron chi connectivity index (χ0n) is 14.5. The Morgan fingerprint density at radius 2 is 1.77 bits per heavy atom. The lowest BCUT2D eigenvalue weighted by Gasteiger charge is -2.16. The van der Waals surface area contributed by atoms with Crippen LogP contribution in [0, 0.1) is 0 Å². The number of benzene rings is 2. The SMILES string of the molecule is C[C@H](OC(=O)[C@H]1CCCO1)C(=O)Nc1ccc(Oc2ccccc2)cc1. The molecule has 0 unspecified atom stereocenters. The number of hydrogen-bond donors (Lipinski definition) is 1. The first-order chi connectivity index (χ1) is 12.6. The maximum atomic E-state index is 12.2. The van der Waals surface area contributed by atoms with Crippen LogP contribution >= 0.6 is 0 Å². The monoisotopic (exact) mass is 355 g/mol. The summed E-state index contributed by atoms with van der Waals surface area (Å²) in [5.41, 5.74) is 0.593. The Morgan fingerprint density at radius 3 is 2.42 bits per heavy atom. The number of carbonyl (C=O) groups is 2. The average molecular weight is 355 g/mol. The van der Waals surface area contributed by atoms with Crippen LogP contribution in [0.15, 0.2) is 54.6 Å². The summed E-state index contributed by atoms with van der Waals surface area (Å²) in [4.78, 5) is 24.1. The van der Waals surface area contributed by atoms with Crippen LogP contribution in [0.4, 0.5) is 5.69 Å². The van der Waals surface area contributed by atoms with Gasteiger partial charge in [-0.3, -0.25) is 4.79 Å². The van der Waals surface area contributed by atoms with E-state index in [1.54, 1.807) is 24.3 Å². The maximum Gasteiger partial charge on any atom is 0.336 e. The van der Waals surface area contributed by atoms with Crippen LogP contribution in [-0.4, -0.2) is 30.7 Å². The molecule has 0 aliphatic carbocycles. The highest BCUT2D eigenvalue weighted by Gasteiger charge is 2.28.